The number of hydrogen-bond acceptors (Lipinski definition) is 13. The maximum absolute atomic E-state index is 14.8. The van der Waals surface area contributed by atoms with E-state index in [1.54, 1.807) is 49.7 Å². The standard InChI is InChI=1S/C48H57N9O7S/c1-28(2)43(56-41-18-13-14-22-49-41)47(62)57-26-31(64-40-25-37(38-27-65-48(55-38)50-29(3)4)51-36-23-30(63-5)20-21-32(36)40)24-39(57)45(60)54-35-17-9-7-6-8-10-19-42(58)52-33-15-11-12-16-34(33)53-46(61)44(35)59/h11-16,18,20-23,25,27-29,31,35,39,43H,6-10,17,19,24,26H2,1-5H3,(H,49,56)(H,50,55)(H,52,58)(H,53,61)(H,54,60)/t31-,35+,39-,43?/m0/s1. The average Bonchev–Trinajstić information content (AvgIpc) is 3.94. The molecule has 2 aliphatic rings. The normalized spacial score (nSPS) is 19.1. The number of pyridine rings is 2. The summed E-state index contributed by atoms with van der Waals surface area (Å²) in [5.74, 6) is -1.52. The van der Waals surface area contributed by atoms with Crippen molar-refractivity contribution in [1.29, 1.82) is 0 Å². The Bertz CT molecular complexity index is 2500. The highest BCUT2D eigenvalue weighted by Crippen LogP contribution is 2.36. The third-order valence-corrected chi connectivity index (χ3v) is 12.2. The van der Waals surface area contributed by atoms with Gasteiger partial charge in [-0.05, 0) is 69.0 Å². The summed E-state index contributed by atoms with van der Waals surface area (Å²) in [4.78, 5) is 85.5. The smallest absolute Gasteiger partial charge is 0.294 e. The van der Waals surface area contributed by atoms with Crippen molar-refractivity contribution >= 4 is 74.0 Å². The van der Waals surface area contributed by atoms with E-state index >= 15 is 0 Å². The van der Waals surface area contributed by atoms with Gasteiger partial charge in [0.15, 0.2) is 5.13 Å². The zero-order valence-corrected chi connectivity index (χ0v) is 38.2. The van der Waals surface area contributed by atoms with E-state index < -0.39 is 41.8 Å². The van der Waals surface area contributed by atoms with Gasteiger partial charge in [0.05, 0.1) is 42.3 Å². The molecule has 0 saturated carbocycles. The van der Waals surface area contributed by atoms with Crippen molar-refractivity contribution in [2.24, 2.45) is 5.92 Å². The molecule has 7 rings (SSSR count). The fourth-order valence-corrected chi connectivity index (χ4v) is 8.90. The van der Waals surface area contributed by atoms with E-state index in [1.165, 1.54) is 16.2 Å². The number of nitrogens with zero attached hydrogens (tertiary/aromatic N) is 4. The maximum Gasteiger partial charge on any atom is 0.294 e. The Kier molecular flexibility index (Phi) is 15.2. The van der Waals surface area contributed by atoms with Gasteiger partial charge in [0.25, 0.3) is 5.91 Å². The van der Waals surface area contributed by atoms with Gasteiger partial charge in [-0.15, -0.1) is 11.3 Å². The highest BCUT2D eigenvalue weighted by atomic mass is 32.1. The van der Waals surface area contributed by atoms with Gasteiger partial charge in [-0.1, -0.05) is 57.7 Å². The minimum atomic E-state index is -1.19. The summed E-state index contributed by atoms with van der Waals surface area (Å²) in [7, 11) is 1.58. The minimum absolute atomic E-state index is 0.0418. The summed E-state index contributed by atoms with van der Waals surface area (Å²) in [6, 6.07) is 16.5. The number of ketones is 1. The molecule has 1 unspecified atom stereocenters. The van der Waals surface area contributed by atoms with Gasteiger partial charge in [-0.2, -0.15) is 0 Å². The number of carbonyl (C=O) groups excluding carboxylic acids is 5. The molecule has 4 atom stereocenters. The zero-order chi connectivity index (χ0) is 46.0. The number of benzene rings is 2. The fourth-order valence-electron chi connectivity index (χ4n) is 8.05. The summed E-state index contributed by atoms with van der Waals surface area (Å²) < 4.78 is 12.4. The number of nitrogens with one attached hydrogen (secondary N) is 5. The number of aromatic nitrogens is 3. The van der Waals surface area contributed by atoms with Crippen LogP contribution < -0.4 is 36.1 Å². The van der Waals surface area contributed by atoms with Crippen molar-refractivity contribution in [2.45, 2.75) is 109 Å². The number of ether oxygens (including phenoxy) is 2. The molecule has 0 spiro atoms. The molecule has 0 aliphatic carbocycles. The van der Waals surface area contributed by atoms with Gasteiger partial charge in [0, 0.05) is 48.0 Å². The molecule has 16 nitrogen and oxygen atoms in total. The van der Waals surface area contributed by atoms with E-state index in [-0.39, 0.29) is 48.8 Å². The molecule has 2 aliphatic heterocycles. The second-order valence-electron chi connectivity index (χ2n) is 17.1. The number of rotatable bonds is 12. The van der Waals surface area contributed by atoms with Crippen molar-refractivity contribution in [2.75, 3.05) is 34.9 Å². The maximum atomic E-state index is 14.8. The molecule has 17 heteroatoms. The van der Waals surface area contributed by atoms with Gasteiger partial charge in [-0.25, -0.2) is 15.0 Å². The van der Waals surface area contributed by atoms with E-state index in [9.17, 15) is 24.0 Å². The van der Waals surface area contributed by atoms with E-state index in [4.69, 9.17) is 19.4 Å². The zero-order valence-electron chi connectivity index (χ0n) is 37.4. The molecular formula is C48H57N9O7S. The van der Waals surface area contributed by atoms with Gasteiger partial charge >= 0.3 is 0 Å². The molecule has 5 N–H and O–H groups in total. The largest absolute Gasteiger partial charge is 0.497 e. The van der Waals surface area contributed by atoms with Crippen LogP contribution in [0.25, 0.3) is 22.3 Å². The van der Waals surface area contributed by atoms with E-state index in [0.29, 0.717) is 64.6 Å². The molecule has 1 fully saturated rings. The van der Waals surface area contributed by atoms with Crippen LogP contribution in [0.1, 0.15) is 79.1 Å². The summed E-state index contributed by atoms with van der Waals surface area (Å²) in [6.45, 7) is 7.94. The van der Waals surface area contributed by atoms with Crippen LogP contribution in [0, 0.1) is 5.92 Å². The predicted octanol–water partition coefficient (Wildman–Crippen LogP) is 7.44. The van der Waals surface area contributed by atoms with Crippen LogP contribution in [0.2, 0.25) is 0 Å². The van der Waals surface area contributed by atoms with Crippen LogP contribution in [-0.2, 0) is 24.0 Å². The van der Waals surface area contributed by atoms with Crippen molar-refractivity contribution in [3.63, 3.8) is 0 Å². The molecule has 0 bridgehead atoms. The first-order valence-corrected chi connectivity index (χ1v) is 23.1. The highest BCUT2D eigenvalue weighted by Gasteiger charge is 2.45. The number of hydrogen-bond donors (Lipinski definition) is 5. The first-order valence-electron chi connectivity index (χ1n) is 22.3. The second kappa shape index (κ2) is 21.4. The van der Waals surface area contributed by atoms with E-state index in [1.807, 2.05) is 63.4 Å². The first-order chi connectivity index (χ1) is 31.4. The first kappa shape index (κ1) is 46.4. The second-order valence-corrected chi connectivity index (χ2v) is 17.9. The quantitative estimate of drug-likeness (QED) is 0.0775. The van der Waals surface area contributed by atoms with Gasteiger partial charge < -0.3 is 41.0 Å². The number of methoxy groups -OCH3 is 1. The molecule has 5 heterocycles. The molecule has 1 saturated heterocycles. The number of fused-ring (bicyclic) bond motifs is 2. The highest BCUT2D eigenvalue weighted by molar-refractivity contribution is 7.14. The number of thiazole rings is 1. The molecular weight excluding hydrogens is 847 g/mol. The van der Waals surface area contributed by atoms with Gasteiger partial charge in [0.2, 0.25) is 23.5 Å². The topological polar surface area (TPSA) is 206 Å². The molecule has 3 aromatic heterocycles. The average molecular weight is 904 g/mol. The summed E-state index contributed by atoms with van der Waals surface area (Å²) in [5.41, 5.74) is 2.45. The van der Waals surface area contributed by atoms with Crippen LogP contribution in [0.4, 0.5) is 22.3 Å². The third-order valence-electron chi connectivity index (χ3n) is 11.4. The molecule has 65 heavy (non-hydrogen) atoms. The number of carbonyl (C=O) groups is 5. The Morgan fingerprint density at radius 2 is 1.62 bits per heavy atom. The Labute approximate surface area is 382 Å². The number of Topliss-reactive ketones (excluding diaryl/α,β-unsaturated/α-hetero) is 1. The lowest BCUT2D eigenvalue weighted by Crippen LogP contribution is -2.55. The Hall–Kier alpha value is -6.62. The van der Waals surface area contributed by atoms with Crippen molar-refractivity contribution < 1.29 is 33.4 Å². The summed E-state index contributed by atoms with van der Waals surface area (Å²) in [5, 5.41) is 18.4. The summed E-state index contributed by atoms with van der Waals surface area (Å²) >= 11 is 1.47. The lowest BCUT2D eigenvalue weighted by molar-refractivity contribution is -0.141. The Morgan fingerprint density at radius 1 is 0.862 bits per heavy atom. The monoisotopic (exact) mass is 903 g/mol. The molecule has 2 aromatic carbocycles. The van der Waals surface area contributed by atoms with Crippen molar-refractivity contribution in [1.82, 2.24) is 25.2 Å². The molecule has 5 aromatic rings. The van der Waals surface area contributed by atoms with Crippen LogP contribution in [0.15, 0.2) is 78.3 Å². The predicted molar refractivity (Wildman–Crippen MR) is 252 cm³/mol. The fraction of sp³-hybridized carbons (Fsp3) is 0.417. The van der Waals surface area contributed by atoms with Crippen LogP contribution in [-0.4, -0.2) is 93.2 Å². The Balaban J connectivity index is 1.20. The molecule has 342 valence electrons. The van der Waals surface area contributed by atoms with Crippen molar-refractivity contribution in [3.8, 4) is 22.9 Å². The third kappa shape index (κ3) is 11.8. The minimum Gasteiger partial charge on any atom is -0.497 e. The van der Waals surface area contributed by atoms with Crippen LogP contribution >= 0.6 is 11.3 Å². The lowest BCUT2D eigenvalue weighted by atomic mass is 10.0. The molecule has 4 amide bonds. The SMILES string of the molecule is COc1ccc2c(O[C@H]3C[C@@H](C(=O)N[C@@H]4CCCCCCCC(=O)Nc5ccccc5NC(=O)C4=O)N(C(=O)C(Nc4ccccn4)C(C)C)C3)cc(-c3csc(NC(C)C)n3)nc2c1. The number of amides is 4. The van der Waals surface area contributed by atoms with Crippen LogP contribution in [0.3, 0.4) is 0 Å². The van der Waals surface area contributed by atoms with Gasteiger partial charge in [-0.3, -0.25) is 24.0 Å². The number of anilines is 4. The van der Waals surface area contributed by atoms with Gasteiger partial charge in [0.1, 0.15) is 41.2 Å². The van der Waals surface area contributed by atoms with E-state index in [2.05, 4.69) is 31.6 Å². The van der Waals surface area contributed by atoms with Crippen LogP contribution in [0.5, 0.6) is 11.5 Å². The Morgan fingerprint density at radius 3 is 2.35 bits per heavy atom. The lowest BCUT2D eigenvalue weighted by Gasteiger charge is -2.31. The van der Waals surface area contributed by atoms with Crippen molar-refractivity contribution in [3.05, 3.63) is 78.3 Å². The molecule has 0 radical (unpaired) electrons. The summed E-state index contributed by atoms with van der Waals surface area (Å²) in [6.07, 6.45) is 5.15. The number of likely N-dealkylation sites (tertiary alicyclic amines) is 1. The number of para-hydroxylation sites is 2. The van der Waals surface area contributed by atoms with E-state index in [0.717, 1.165) is 24.4 Å².